The Bertz CT molecular complexity index is 2030. The van der Waals surface area contributed by atoms with Crippen molar-refractivity contribution in [2.24, 2.45) is 0 Å². The van der Waals surface area contributed by atoms with Crippen molar-refractivity contribution in [1.29, 1.82) is 0 Å². The summed E-state index contributed by atoms with van der Waals surface area (Å²) < 4.78 is 4.69. The fourth-order valence-corrected chi connectivity index (χ4v) is 7.69. The zero-order valence-corrected chi connectivity index (χ0v) is 25.7. The number of aromatic amines is 2. The number of allylic oxidation sites excluding steroid dienone is 2. The molecular formula is C33H26IN6OS-. The molecule has 0 aliphatic carbocycles. The molecule has 0 bridgehead atoms. The first-order chi connectivity index (χ1) is 20.6. The summed E-state index contributed by atoms with van der Waals surface area (Å²) in [4.78, 5) is 26.4. The second kappa shape index (κ2) is 11.6. The van der Waals surface area contributed by atoms with Crippen LogP contribution in [0.5, 0.6) is 0 Å². The molecule has 6 aromatic rings. The Morgan fingerprint density at radius 1 is 1.02 bits per heavy atom. The van der Waals surface area contributed by atoms with Gasteiger partial charge in [-0.1, -0.05) is 0 Å². The van der Waals surface area contributed by atoms with Crippen LogP contribution in [-0.4, -0.2) is 37.5 Å². The van der Waals surface area contributed by atoms with E-state index in [1.807, 2.05) is 18.2 Å². The number of carbonyl (C=O) groups excluding carboxylic acids is 1. The molecule has 0 saturated heterocycles. The molecule has 0 spiro atoms. The average molecular weight is 682 g/mol. The number of benzene rings is 2. The summed E-state index contributed by atoms with van der Waals surface area (Å²) in [5.74, 6) is 0.733. The molecule has 208 valence electrons. The first-order valence-electron chi connectivity index (χ1n) is 13.5. The normalized spacial score (nSPS) is 13.5. The Morgan fingerprint density at radius 2 is 1.93 bits per heavy atom. The molecule has 1 aliphatic rings. The predicted molar refractivity (Wildman–Crippen MR) is 166 cm³/mol. The van der Waals surface area contributed by atoms with Crippen LogP contribution in [0.2, 0.25) is 0 Å². The van der Waals surface area contributed by atoms with Gasteiger partial charge in [0, 0.05) is 0 Å². The van der Waals surface area contributed by atoms with Gasteiger partial charge >= 0.3 is 230 Å². The van der Waals surface area contributed by atoms with Crippen LogP contribution >= 0.6 is 11.3 Å². The number of ketones is 1. The molecule has 4 aromatic heterocycles. The summed E-state index contributed by atoms with van der Waals surface area (Å²) in [5.41, 5.74) is 9.17. The number of imidazole rings is 1. The number of rotatable bonds is 8. The van der Waals surface area contributed by atoms with Crippen molar-refractivity contribution in [3.8, 4) is 22.0 Å². The van der Waals surface area contributed by atoms with Crippen LogP contribution in [0.25, 0.3) is 49.5 Å². The maximum atomic E-state index is 11.9. The van der Waals surface area contributed by atoms with Crippen molar-refractivity contribution in [2.45, 2.75) is 13.5 Å². The van der Waals surface area contributed by atoms with E-state index in [9.17, 15) is 4.79 Å². The van der Waals surface area contributed by atoms with Gasteiger partial charge in [-0.05, 0) is 13.0 Å². The number of thiophene rings is 1. The van der Waals surface area contributed by atoms with Crippen molar-refractivity contribution < 1.29 is 26.0 Å². The molecule has 0 atom stereocenters. The number of fused-ring (bicyclic) bond motifs is 2. The maximum absolute atomic E-state index is 11.9. The number of hydrogen-bond acceptors (Lipinski definition) is 6. The van der Waals surface area contributed by atoms with E-state index >= 15 is 0 Å². The van der Waals surface area contributed by atoms with Crippen LogP contribution in [0, 0.1) is 0 Å². The van der Waals surface area contributed by atoms with Gasteiger partial charge in [0.25, 0.3) is 0 Å². The minimum absolute atomic E-state index is 0.0555. The predicted octanol–water partition coefficient (Wildman–Crippen LogP) is 4.11. The van der Waals surface area contributed by atoms with E-state index in [1.165, 1.54) is 28.0 Å². The fraction of sp³-hybridized carbons (Fsp3) is 0.0909. The van der Waals surface area contributed by atoms with Gasteiger partial charge in [-0.15, -0.1) is 0 Å². The van der Waals surface area contributed by atoms with Gasteiger partial charge in [-0.25, -0.2) is 0 Å². The van der Waals surface area contributed by atoms with Gasteiger partial charge in [0.1, 0.15) is 0 Å². The summed E-state index contributed by atoms with van der Waals surface area (Å²) in [6, 6.07) is 20.7. The number of aromatic nitrogens is 5. The van der Waals surface area contributed by atoms with E-state index in [4.69, 9.17) is 4.98 Å². The Hall–Kier alpha value is -4.19. The molecule has 3 N–H and O–H groups in total. The van der Waals surface area contributed by atoms with Crippen LogP contribution < -0.4 is 26.5 Å². The molecule has 9 heteroatoms. The number of hydrogen-bond donors (Lipinski definition) is 3. The van der Waals surface area contributed by atoms with Crippen LogP contribution in [0.15, 0.2) is 98.9 Å². The fourth-order valence-electron chi connectivity index (χ4n) is 4.98. The molecular weight excluding hydrogens is 655 g/mol. The molecule has 1 aliphatic heterocycles. The van der Waals surface area contributed by atoms with E-state index in [2.05, 4.69) is 88.3 Å². The SMILES string of the molecule is CC(=O)c1ccc(-c2cncc3[nH]c(-c4n[nH]c5ccc(C6=C[I-]C=CC(CNCc7ccccc7)=C6)cc45)nc23)s1. The molecule has 42 heavy (non-hydrogen) atoms. The van der Waals surface area contributed by atoms with Crippen molar-refractivity contribution >= 4 is 44.6 Å². The third kappa shape index (κ3) is 5.38. The van der Waals surface area contributed by atoms with E-state index in [1.54, 1.807) is 19.3 Å². The van der Waals surface area contributed by atoms with Gasteiger partial charge in [-0.3, -0.25) is 4.79 Å². The second-order valence-corrected chi connectivity index (χ2v) is 13.2. The number of pyridine rings is 1. The monoisotopic (exact) mass is 681 g/mol. The molecule has 0 unspecified atom stereocenters. The molecule has 5 heterocycles. The Balaban J connectivity index is 1.19. The number of nitrogens with one attached hydrogen (secondary N) is 3. The Morgan fingerprint density at radius 3 is 2.79 bits per heavy atom. The summed E-state index contributed by atoms with van der Waals surface area (Å²) >= 11 is 1.27. The number of H-pyrrole nitrogens is 2. The summed E-state index contributed by atoms with van der Waals surface area (Å²) in [6.45, 7) is 3.23. The molecule has 2 aromatic carbocycles. The van der Waals surface area contributed by atoms with Crippen LogP contribution in [0.1, 0.15) is 27.7 Å². The van der Waals surface area contributed by atoms with Crippen LogP contribution in [-0.2, 0) is 6.54 Å². The Kier molecular flexibility index (Phi) is 7.37. The van der Waals surface area contributed by atoms with Crippen LogP contribution in [0.4, 0.5) is 0 Å². The molecule has 0 radical (unpaired) electrons. The number of halogens is 1. The number of nitrogens with zero attached hydrogens (tertiary/aromatic N) is 3. The first-order valence-corrected chi connectivity index (χ1v) is 16.8. The third-order valence-corrected chi connectivity index (χ3v) is 10.1. The van der Waals surface area contributed by atoms with Gasteiger partial charge in [0.2, 0.25) is 0 Å². The summed E-state index contributed by atoms with van der Waals surface area (Å²) in [7, 11) is 0. The van der Waals surface area contributed by atoms with Gasteiger partial charge in [0.15, 0.2) is 5.78 Å². The molecule has 0 amide bonds. The molecule has 0 fully saturated rings. The van der Waals surface area contributed by atoms with Crippen molar-refractivity contribution in [1.82, 2.24) is 30.5 Å². The quantitative estimate of drug-likeness (QED) is 0.166. The average Bonchev–Trinajstić information content (AvgIpc) is 3.73. The molecule has 7 nitrogen and oxygen atoms in total. The van der Waals surface area contributed by atoms with Crippen LogP contribution in [0.3, 0.4) is 0 Å². The van der Waals surface area contributed by atoms with Gasteiger partial charge < -0.3 is 0 Å². The van der Waals surface area contributed by atoms with Crippen molar-refractivity contribution in [3.05, 3.63) is 115 Å². The van der Waals surface area contributed by atoms with Gasteiger partial charge in [0.05, 0.1) is 4.88 Å². The third-order valence-electron chi connectivity index (χ3n) is 7.11. The minimum atomic E-state index is -0.186. The molecule has 0 saturated carbocycles. The molecule has 7 rings (SSSR count). The number of carbonyl (C=O) groups is 1. The first kappa shape index (κ1) is 26.7. The van der Waals surface area contributed by atoms with E-state index < -0.39 is 0 Å². The second-order valence-electron chi connectivity index (χ2n) is 10.0. The van der Waals surface area contributed by atoms with Crippen molar-refractivity contribution in [3.63, 3.8) is 0 Å². The topological polar surface area (TPSA) is 99.4 Å². The van der Waals surface area contributed by atoms with Gasteiger partial charge in [-0.2, -0.15) is 0 Å². The van der Waals surface area contributed by atoms with Crippen molar-refractivity contribution in [2.75, 3.05) is 6.54 Å². The zero-order valence-electron chi connectivity index (χ0n) is 22.7. The zero-order chi connectivity index (χ0) is 28.5. The number of Topliss-reactive ketones (excluding diaryl/α,β-unsaturated/α-hetero) is 1. The van der Waals surface area contributed by atoms with E-state index in [0.717, 1.165) is 61.6 Å². The summed E-state index contributed by atoms with van der Waals surface area (Å²) in [6.07, 6.45) is 8.12. The van der Waals surface area contributed by atoms with E-state index in [-0.39, 0.29) is 27.0 Å². The summed E-state index contributed by atoms with van der Waals surface area (Å²) in [5, 5.41) is 12.4. The Labute approximate surface area is 256 Å². The van der Waals surface area contributed by atoms with E-state index in [0.29, 0.717) is 5.82 Å². The standard InChI is InChI=1S/C33H26IN6OS/c1-20(41)29-9-10-30(42-29)26-18-36-19-28-31(26)38-33(37-28)32-25-14-23(7-8-27(25)39-40-32)24-13-22(11-12-34-15-24)17-35-16-21-5-3-2-4-6-21/h2-15,18-19,35H,16-17H2,1H3,(H,37,38)(H,39,40)/q-1.